The minimum Gasteiger partial charge on any atom is -0.481 e. The van der Waals surface area contributed by atoms with E-state index in [1.165, 1.54) is 11.8 Å². The predicted molar refractivity (Wildman–Crippen MR) is 81.2 cm³/mol. The molecule has 0 aliphatic heterocycles. The number of carbonyl (C=O) groups excluding carboxylic acids is 1. The number of halogens is 1. The van der Waals surface area contributed by atoms with Gasteiger partial charge in [0.25, 0.3) is 0 Å². The van der Waals surface area contributed by atoms with Crippen LogP contribution in [-0.2, 0) is 9.59 Å². The summed E-state index contributed by atoms with van der Waals surface area (Å²) in [5, 5.41) is 12.3. The number of thioether (sulfide) groups is 1. The highest BCUT2D eigenvalue weighted by molar-refractivity contribution is 8.00. The Hall–Kier alpha value is -1.20. The SMILES string of the molecule is CCCC(CNC(=O)CSc1ccccc1Cl)C(=O)O. The van der Waals surface area contributed by atoms with E-state index in [2.05, 4.69) is 5.32 Å². The van der Waals surface area contributed by atoms with Gasteiger partial charge in [0.15, 0.2) is 0 Å². The van der Waals surface area contributed by atoms with Crippen molar-refractivity contribution in [3.63, 3.8) is 0 Å². The van der Waals surface area contributed by atoms with E-state index in [4.69, 9.17) is 16.7 Å². The zero-order valence-corrected chi connectivity index (χ0v) is 12.8. The normalized spacial score (nSPS) is 11.9. The van der Waals surface area contributed by atoms with Crippen LogP contribution in [0.2, 0.25) is 5.02 Å². The van der Waals surface area contributed by atoms with Crippen molar-refractivity contribution in [2.24, 2.45) is 5.92 Å². The molecule has 4 nitrogen and oxygen atoms in total. The van der Waals surface area contributed by atoms with Gasteiger partial charge in [-0.05, 0) is 18.6 Å². The summed E-state index contributed by atoms with van der Waals surface area (Å²) in [6.07, 6.45) is 1.34. The Bertz CT molecular complexity index is 467. The molecule has 0 fully saturated rings. The summed E-state index contributed by atoms with van der Waals surface area (Å²) >= 11 is 7.32. The lowest BCUT2D eigenvalue weighted by molar-refractivity contribution is -0.141. The molecule has 20 heavy (non-hydrogen) atoms. The second kappa shape index (κ2) is 8.87. The number of benzene rings is 1. The van der Waals surface area contributed by atoms with Gasteiger partial charge in [-0.2, -0.15) is 0 Å². The molecule has 0 saturated carbocycles. The van der Waals surface area contributed by atoms with Crippen molar-refractivity contribution in [2.75, 3.05) is 12.3 Å². The van der Waals surface area contributed by atoms with E-state index in [1.807, 2.05) is 25.1 Å². The second-order valence-electron chi connectivity index (χ2n) is 4.35. The van der Waals surface area contributed by atoms with E-state index in [-0.39, 0.29) is 18.2 Å². The standard InChI is InChI=1S/C14H18ClNO3S/c1-2-5-10(14(18)19)8-16-13(17)9-20-12-7-4-3-6-11(12)15/h3-4,6-7,10H,2,5,8-9H2,1H3,(H,16,17)(H,18,19). The lowest BCUT2D eigenvalue weighted by atomic mass is 10.0. The maximum absolute atomic E-state index is 11.7. The first kappa shape index (κ1) is 16.9. The van der Waals surface area contributed by atoms with Gasteiger partial charge < -0.3 is 10.4 Å². The maximum atomic E-state index is 11.7. The number of rotatable bonds is 8. The fourth-order valence-corrected chi connectivity index (χ4v) is 2.72. The second-order valence-corrected chi connectivity index (χ2v) is 5.77. The highest BCUT2D eigenvalue weighted by Crippen LogP contribution is 2.26. The number of amides is 1. The number of carboxylic acids is 1. The van der Waals surface area contributed by atoms with Crippen molar-refractivity contribution >= 4 is 35.2 Å². The smallest absolute Gasteiger partial charge is 0.308 e. The third kappa shape index (κ3) is 5.84. The monoisotopic (exact) mass is 315 g/mol. The summed E-state index contributed by atoms with van der Waals surface area (Å²) in [4.78, 5) is 23.5. The summed E-state index contributed by atoms with van der Waals surface area (Å²) in [7, 11) is 0. The van der Waals surface area contributed by atoms with Crippen LogP contribution in [0, 0.1) is 5.92 Å². The molecule has 1 atom stereocenters. The molecular formula is C14H18ClNO3S. The molecule has 0 aliphatic rings. The Morgan fingerprint density at radius 3 is 2.70 bits per heavy atom. The Labute approximate surface area is 127 Å². The molecule has 0 heterocycles. The van der Waals surface area contributed by atoms with Gasteiger partial charge in [-0.1, -0.05) is 37.1 Å². The van der Waals surface area contributed by atoms with Crippen LogP contribution in [0.4, 0.5) is 0 Å². The van der Waals surface area contributed by atoms with Gasteiger partial charge in [0.05, 0.1) is 16.7 Å². The predicted octanol–water partition coefficient (Wildman–Crippen LogP) is 3.05. The van der Waals surface area contributed by atoms with Crippen molar-refractivity contribution in [3.05, 3.63) is 29.3 Å². The van der Waals surface area contributed by atoms with Gasteiger partial charge in [0, 0.05) is 11.4 Å². The van der Waals surface area contributed by atoms with Crippen LogP contribution in [0.1, 0.15) is 19.8 Å². The Balaban J connectivity index is 2.37. The van der Waals surface area contributed by atoms with Crippen molar-refractivity contribution in [1.82, 2.24) is 5.32 Å². The van der Waals surface area contributed by atoms with Gasteiger partial charge in [-0.25, -0.2) is 0 Å². The Morgan fingerprint density at radius 1 is 1.40 bits per heavy atom. The van der Waals surface area contributed by atoms with Crippen LogP contribution in [-0.4, -0.2) is 29.3 Å². The van der Waals surface area contributed by atoms with E-state index in [0.29, 0.717) is 11.4 Å². The Kier molecular flexibility index (Phi) is 7.47. The number of carboxylic acid groups (broad SMARTS) is 1. The molecule has 1 aromatic rings. The quantitative estimate of drug-likeness (QED) is 0.724. The number of hydrogen-bond acceptors (Lipinski definition) is 3. The van der Waals surface area contributed by atoms with Crippen molar-refractivity contribution in [2.45, 2.75) is 24.7 Å². The number of aliphatic carboxylic acids is 1. The largest absolute Gasteiger partial charge is 0.481 e. The number of nitrogens with one attached hydrogen (secondary N) is 1. The van der Waals surface area contributed by atoms with Gasteiger partial charge >= 0.3 is 5.97 Å². The average Bonchev–Trinajstić information content (AvgIpc) is 2.42. The summed E-state index contributed by atoms with van der Waals surface area (Å²) in [6.45, 7) is 2.09. The zero-order chi connectivity index (χ0) is 15.0. The molecule has 1 amide bonds. The summed E-state index contributed by atoms with van der Waals surface area (Å²) < 4.78 is 0. The minimum absolute atomic E-state index is 0.172. The van der Waals surface area contributed by atoms with E-state index in [1.54, 1.807) is 6.07 Å². The molecule has 0 aromatic heterocycles. The fourth-order valence-electron chi connectivity index (χ4n) is 1.65. The molecule has 1 rings (SSSR count). The van der Waals surface area contributed by atoms with Crippen LogP contribution in [0.15, 0.2) is 29.2 Å². The molecule has 1 unspecified atom stereocenters. The molecule has 0 radical (unpaired) electrons. The van der Waals surface area contributed by atoms with Gasteiger partial charge in [0.1, 0.15) is 0 Å². The zero-order valence-electron chi connectivity index (χ0n) is 11.3. The van der Waals surface area contributed by atoms with Crippen LogP contribution in [0.5, 0.6) is 0 Å². The molecule has 110 valence electrons. The molecule has 0 bridgehead atoms. The topological polar surface area (TPSA) is 66.4 Å². The van der Waals surface area contributed by atoms with Crippen molar-refractivity contribution < 1.29 is 14.7 Å². The highest BCUT2D eigenvalue weighted by Gasteiger charge is 2.17. The molecular weight excluding hydrogens is 298 g/mol. The number of hydrogen-bond donors (Lipinski definition) is 2. The lowest BCUT2D eigenvalue weighted by Gasteiger charge is -2.12. The number of carbonyl (C=O) groups is 2. The van der Waals surface area contributed by atoms with Crippen LogP contribution < -0.4 is 5.32 Å². The first-order chi connectivity index (χ1) is 9.54. The summed E-state index contributed by atoms with van der Waals surface area (Å²) in [5.41, 5.74) is 0. The van der Waals surface area contributed by atoms with Crippen LogP contribution >= 0.6 is 23.4 Å². The third-order valence-electron chi connectivity index (χ3n) is 2.73. The average molecular weight is 316 g/mol. The highest BCUT2D eigenvalue weighted by atomic mass is 35.5. The van der Waals surface area contributed by atoms with Crippen LogP contribution in [0.3, 0.4) is 0 Å². The third-order valence-corrected chi connectivity index (χ3v) is 4.24. The van der Waals surface area contributed by atoms with Gasteiger partial charge in [0.2, 0.25) is 5.91 Å². The van der Waals surface area contributed by atoms with E-state index >= 15 is 0 Å². The Morgan fingerprint density at radius 2 is 2.10 bits per heavy atom. The first-order valence-corrected chi connectivity index (χ1v) is 7.77. The minimum atomic E-state index is -0.870. The molecule has 0 saturated heterocycles. The van der Waals surface area contributed by atoms with Crippen molar-refractivity contribution in [3.8, 4) is 0 Å². The maximum Gasteiger partial charge on any atom is 0.308 e. The molecule has 0 aliphatic carbocycles. The van der Waals surface area contributed by atoms with E-state index in [0.717, 1.165) is 11.3 Å². The van der Waals surface area contributed by atoms with E-state index < -0.39 is 11.9 Å². The molecule has 1 aromatic carbocycles. The fraction of sp³-hybridized carbons (Fsp3) is 0.429. The van der Waals surface area contributed by atoms with Crippen LogP contribution in [0.25, 0.3) is 0 Å². The lowest BCUT2D eigenvalue weighted by Crippen LogP contribution is -2.33. The summed E-state index contributed by atoms with van der Waals surface area (Å²) in [6, 6.07) is 7.30. The van der Waals surface area contributed by atoms with Gasteiger partial charge in [-0.15, -0.1) is 11.8 Å². The molecule has 2 N–H and O–H groups in total. The van der Waals surface area contributed by atoms with Gasteiger partial charge in [-0.3, -0.25) is 9.59 Å². The first-order valence-electron chi connectivity index (χ1n) is 6.41. The molecule has 0 spiro atoms. The molecule has 6 heteroatoms. The van der Waals surface area contributed by atoms with Crippen molar-refractivity contribution in [1.29, 1.82) is 0 Å². The summed E-state index contributed by atoms with van der Waals surface area (Å²) in [5.74, 6) is -1.35. The van der Waals surface area contributed by atoms with E-state index in [9.17, 15) is 9.59 Å².